The molecule has 1 N–H and O–H groups in total. The van der Waals surface area contributed by atoms with Crippen LogP contribution < -0.4 is 0 Å². The van der Waals surface area contributed by atoms with Crippen LogP contribution in [0, 0.1) is 5.92 Å². The molecule has 0 spiro atoms. The van der Waals surface area contributed by atoms with Gasteiger partial charge in [-0.15, -0.1) is 5.10 Å². The van der Waals surface area contributed by atoms with E-state index < -0.39 is 5.97 Å². The lowest BCUT2D eigenvalue weighted by Crippen LogP contribution is -2.38. The highest BCUT2D eigenvalue weighted by molar-refractivity contribution is 5.92. The number of carbonyl (C=O) groups excluding carboxylic acids is 1. The molecule has 1 unspecified atom stereocenters. The Balaban J connectivity index is 2.78. The lowest BCUT2D eigenvalue weighted by atomic mass is 10.1. The fraction of sp³-hybridized carbons (Fsp3) is 0.636. The van der Waals surface area contributed by atoms with E-state index in [9.17, 15) is 9.59 Å². The molecule has 1 amide bonds. The molecular formula is C11H18N4O3. The molecule has 0 aliphatic carbocycles. The predicted molar refractivity (Wildman–Crippen MR) is 64.1 cm³/mol. The number of rotatable bonds is 5. The zero-order valence-corrected chi connectivity index (χ0v) is 11.0. The molecule has 0 fully saturated rings. The average Bonchev–Trinajstić information content (AvgIpc) is 2.73. The van der Waals surface area contributed by atoms with E-state index >= 15 is 0 Å². The summed E-state index contributed by atoms with van der Waals surface area (Å²) in [4.78, 5) is 24.1. The second-order valence-electron chi connectivity index (χ2n) is 4.60. The monoisotopic (exact) mass is 254 g/mol. The van der Waals surface area contributed by atoms with Crippen molar-refractivity contribution < 1.29 is 14.7 Å². The van der Waals surface area contributed by atoms with Crippen molar-refractivity contribution in [2.75, 3.05) is 7.05 Å². The first kappa shape index (κ1) is 14.1. The Bertz CT molecular complexity index is 441. The van der Waals surface area contributed by atoms with Crippen molar-refractivity contribution in [3.05, 3.63) is 11.9 Å². The molecule has 0 bridgehead atoms. The summed E-state index contributed by atoms with van der Waals surface area (Å²) in [5, 5.41) is 15.9. The van der Waals surface area contributed by atoms with Gasteiger partial charge in [-0.05, 0) is 12.8 Å². The first-order chi connectivity index (χ1) is 8.32. The number of amides is 1. The molecule has 0 radical (unpaired) electrons. The number of hydrogen-bond donors (Lipinski definition) is 1. The van der Waals surface area contributed by atoms with Crippen LogP contribution in [0.3, 0.4) is 0 Å². The molecule has 18 heavy (non-hydrogen) atoms. The quantitative estimate of drug-likeness (QED) is 0.825. The maximum absolute atomic E-state index is 12.1. The van der Waals surface area contributed by atoms with Gasteiger partial charge in [-0.1, -0.05) is 19.1 Å². The van der Waals surface area contributed by atoms with Gasteiger partial charge in [0.15, 0.2) is 5.69 Å². The lowest BCUT2D eigenvalue weighted by Gasteiger charge is -2.27. The summed E-state index contributed by atoms with van der Waals surface area (Å²) < 4.78 is 1.13. The number of aromatic nitrogens is 3. The highest BCUT2D eigenvalue weighted by atomic mass is 16.4. The van der Waals surface area contributed by atoms with E-state index in [2.05, 4.69) is 10.3 Å². The predicted octanol–water partition coefficient (Wildman–Crippen LogP) is 0.479. The van der Waals surface area contributed by atoms with E-state index in [-0.39, 0.29) is 24.2 Å². The van der Waals surface area contributed by atoms with E-state index in [1.807, 2.05) is 20.8 Å². The minimum atomic E-state index is -1.03. The highest BCUT2D eigenvalue weighted by Gasteiger charge is 2.22. The van der Waals surface area contributed by atoms with Crippen LogP contribution in [0.5, 0.6) is 0 Å². The standard InChI is InChI=1S/C11H18N4O3/c1-7(2)8(3)14(4)11(18)9-5-15(13-12-9)6-10(16)17/h5,7-8H,6H2,1-4H3,(H,16,17). The number of carboxylic acids is 1. The zero-order chi connectivity index (χ0) is 13.9. The molecular weight excluding hydrogens is 236 g/mol. The number of aliphatic carboxylic acids is 1. The summed E-state index contributed by atoms with van der Waals surface area (Å²) in [6.45, 7) is 5.69. The SMILES string of the molecule is CC(C)C(C)N(C)C(=O)c1cn(CC(=O)O)nn1. The lowest BCUT2D eigenvalue weighted by molar-refractivity contribution is -0.137. The fourth-order valence-corrected chi connectivity index (χ4v) is 1.43. The van der Waals surface area contributed by atoms with Crippen LogP contribution in [0.25, 0.3) is 0 Å². The van der Waals surface area contributed by atoms with Gasteiger partial charge in [0.05, 0.1) is 6.20 Å². The Hall–Kier alpha value is -1.92. The van der Waals surface area contributed by atoms with Crippen molar-refractivity contribution in [3.63, 3.8) is 0 Å². The third-order valence-electron chi connectivity index (χ3n) is 2.95. The third kappa shape index (κ3) is 3.28. The van der Waals surface area contributed by atoms with E-state index in [0.29, 0.717) is 5.92 Å². The molecule has 7 nitrogen and oxygen atoms in total. The minimum absolute atomic E-state index is 0.0714. The van der Waals surface area contributed by atoms with Gasteiger partial charge in [0.25, 0.3) is 5.91 Å². The van der Waals surface area contributed by atoms with Gasteiger partial charge in [-0.2, -0.15) is 0 Å². The molecule has 1 aromatic rings. The normalized spacial score (nSPS) is 12.5. The first-order valence-electron chi connectivity index (χ1n) is 5.72. The van der Waals surface area contributed by atoms with Gasteiger partial charge >= 0.3 is 5.97 Å². The zero-order valence-electron chi connectivity index (χ0n) is 11.0. The molecule has 1 aromatic heterocycles. The van der Waals surface area contributed by atoms with Gasteiger partial charge < -0.3 is 10.0 Å². The van der Waals surface area contributed by atoms with Gasteiger partial charge in [0.1, 0.15) is 6.54 Å². The fourth-order valence-electron chi connectivity index (χ4n) is 1.43. The molecule has 100 valence electrons. The summed E-state index contributed by atoms with van der Waals surface area (Å²) in [5.74, 6) is -0.955. The maximum atomic E-state index is 12.1. The minimum Gasteiger partial charge on any atom is -0.480 e. The summed E-state index contributed by atoms with van der Waals surface area (Å²) in [5.41, 5.74) is 0.159. The Kier molecular flexibility index (Phi) is 4.41. The van der Waals surface area contributed by atoms with Crippen molar-refractivity contribution in [2.24, 2.45) is 5.92 Å². The Labute approximate surface area is 105 Å². The van der Waals surface area contributed by atoms with Gasteiger partial charge in [0, 0.05) is 13.1 Å². The Morgan fingerprint density at radius 2 is 2.06 bits per heavy atom. The molecule has 1 atom stereocenters. The summed E-state index contributed by atoms with van der Waals surface area (Å²) in [6.07, 6.45) is 1.35. The molecule has 1 rings (SSSR count). The van der Waals surface area contributed by atoms with E-state index in [0.717, 1.165) is 4.68 Å². The van der Waals surface area contributed by atoms with Gasteiger partial charge in [-0.25, -0.2) is 4.68 Å². The van der Waals surface area contributed by atoms with E-state index in [1.54, 1.807) is 11.9 Å². The molecule has 1 heterocycles. The topological polar surface area (TPSA) is 88.3 Å². The highest BCUT2D eigenvalue weighted by Crippen LogP contribution is 2.10. The van der Waals surface area contributed by atoms with Crippen LogP contribution in [0.4, 0.5) is 0 Å². The van der Waals surface area contributed by atoms with Crippen molar-refractivity contribution in [1.82, 2.24) is 19.9 Å². The molecule has 0 saturated heterocycles. The Morgan fingerprint density at radius 1 is 1.44 bits per heavy atom. The van der Waals surface area contributed by atoms with Crippen LogP contribution in [-0.2, 0) is 11.3 Å². The second-order valence-corrected chi connectivity index (χ2v) is 4.60. The van der Waals surface area contributed by atoms with Crippen molar-refractivity contribution in [2.45, 2.75) is 33.4 Å². The van der Waals surface area contributed by atoms with Gasteiger partial charge in [-0.3, -0.25) is 9.59 Å². The maximum Gasteiger partial charge on any atom is 0.325 e. The van der Waals surface area contributed by atoms with Crippen LogP contribution in [0.1, 0.15) is 31.3 Å². The van der Waals surface area contributed by atoms with E-state index in [1.165, 1.54) is 6.20 Å². The Morgan fingerprint density at radius 3 is 2.56 bits per heavy atom. The number of carboxylic acid groups (broad SMARTS) is 1. The van der Waals surface area contributed by atoms with Crippen molar-refractivity contribution in [1.29, 1.82) is 0 Å². The number of carbonyl (C=O) groups is 2. The second kappa shape index (κ2) is 5.61. The molecule has 0 aliphatic rings. The first-order valence-corrected chi connectivity index (χ1v) is 5.72. The van der Waals surface area contributed by atoms with Crippen LogP contribution in [-0.4, -0.2) is 50.0 Å². The van der Waals surface area contributed by atoms with E-state index in [4.69, 9.17) is 5.11 Å². The molecule has 0 aromatic carbocycles. The third-order valence-corrected chi connectivity index (χ3v) is 2.95. The number of hydrogen-bond acceptors (Lipinski definition) is 4. The number of nitrogens with zero attached hydrogens (tertiary/aromatic N) is 4. The van der Waals surface area contributed by atoms with Crippen molar-refractivity contribution in [3.8, 4) is 0 Å². The van der Waals surface area contributed by atoms with Crippen molar-refractivity contribution >= 4 is 11.9 Å². The van der Waals surface area contributed by atoms with Crippen LogP contribution >= 0.6 is 0 Å². The molecule has 0 aliphatic heterocycles. The average molecular weight is 254 g/mol. The molecule has 7 heteroatoms. The largest absolute Gasteiger partial charge is 0.480 e. The smallest absolute Gasteiger partial charge is 0.325 e. The van der Waals surface area contributed by atoms with Crippen LogP contribution in [0.15, 0.2) is 6.20 Å². The molecule has 0 saturated carbocycles. The van der Waals surface area contributed by atoms with Crippen LogP contribution in [0.2, 0.25) is 0 Å². The summed E-state index contributed by atoms with van der Waals surface area (Å²) >= 11 is 0. The summed E-state index contributed by atoms with van der Waals surface area (Å²) in [7, 11) is 1.70. The summed E-state index contributed by atoms with van der Waals surface area (Å²) in [6, 6.07) is 0.0714. The van der Waals surface area contributed by atoms with Gasteiger partial charge in [0.2, 0.25) is 0 Å².